The van der Waals surface area contributed by atoms with E-state index in [9.17, 15) is 26.7 Å². The van der Waals surface area contributed by atoms with Crippen molar-refractivity contribution in [2.75, 3.05) is 6.54 Å². The summed E-state index contributed by atoms with van der Waals surface area (Å²) in [5.74, 6) is 0.808. The molecule has 1 heterocycles. The highest BCUT2D eigenvalue weighted by Gasteiger charge is 2.47. The van der Waals surface area contributed by atoms with Crippen LogP contribution in [0.2, 0.25) is 0 Å². The summed E-state index contributed by atoms with van der Waals surface area (Å²) >= 11 is 0. The van der Waals surface area contributed by atoms with Crippen LogP contribution >= 0.6 is 0 Å². The Morgan fingerprint density at radius 1 is 1.20 bits per heavy atom. The van der Waals surface area contributed by atoms with E-state index in [-0.39, 0.29) is 28.6 Å². The summed E-state index contributed by atoms with van der Waals surface area (Å²) in [4.78, 5) is 16.9. The topological polar surface area (TPSA) is 56.2 Å². The molecule has 1 saturated carbocycles. The summed E-state index contributed by atoms with van der Waals surface area (Å²) in [6, 6.07) is 4.02. The quantitative estimate of drug-likeness (QED) is 0.422. The summed E-state index contributed by atoms with van der Waals surface area (Å²) in [6.07, 6.45) is 0.929. The SMILES string of the molecule is Cc1nc(C(=O)NCC2CCC(C)CC2)cn1-c1ccc(CC(C)(C)C(F)(F)F)cc1OC(F)F. The van der Waals surface area contributed by atoms with Crippen LogP contribution in [0.25, 0.3) is 5.69 Å². The summed E-state index contributed by atoms with van der Waals surface area (Å²) in [6.45, 7) is 3.29. The van der Waals surface area contributed by atoms with Gasteiger partial charge in [0.25, 0.3) is 5.91 Å². The lowest BCUT2D eigenvalue weighted by molar-refractivity contribution is -0.211. The van der Waals surface area contributed by atoms with Gasteiger partial charge in [-0.2, -0.15) is 22.0 Å². The summed E-state index contributed by atoms with van der Waals surface area (Å²) < 4.78 is 72.2. The highest BCUT2D eigenvalue weighted by molar-refractivity contribution is 5.92. The fourth-order valence-corrected chi connectivity index (χ4v) is 4.36. The maximum absolute atomic E-state index is 13.3. The molecule has 1 aliphatic rings. The van der Waals surface area contributed by atoms with Crippen LogP contribution in [0.15, 0.2) is 24.4 Å². The van der Waals surface area contributed by atoms with E-state index in [4.69, 9.17) is 0 Å². The minimum atomic E-state index is -4.46. The number of imidazole rings is 1. The number of halogens is 5. The molecule has 1 aliphatic carbocycles. The maximum atomic E-state index is 13.3. The molecule has 0 spiro atoms. The highest BCUT2D eigenvalue weighted by atomic mass is 19.4. The van der Waals surface area contributed by atoms with Gasteiger partial charge >= 0.3 is 12.8 Å². The Bertz CT molecular complexity index is 1020. The fourth-order valence-electron chi connectivity index (χ4n) is 4.36. The minimum absolute atomic E-state index is 0.122. The van der Waals surface area contributed by atoms with Gasteiger partial charge in [0, 0.05) is 12.7 Å². The normalized spacial score (nSPS) is 19.1. The molecule has 35 heavy (non-hydrogen) atoms. The zero-order valence-electron chi connectivity index (χ0n) is 20.4. The van der Waals surface area contributed by atoms with Crippen LogP contribution in [0.3, 0.4) is 0 Å². The summed E-state index contributed by atoms with van der Waals surface area (Å²) in [5.41, 5.74) is -1.58. The third kappa shape index (κ3) is 6.73. The van der Waals surface area contributed by atoms with Gasteiger partial charge in [0.05, 0.1) is 11.1 Å². The zero-order valence-corrected chi connectivity index (χ0v) is 20.4. The number of ether oxygens (including phenoxy) is 1. The van der Waals surface area contributed by atoms with E-state index in [1.807, 2.05) is 0 Å². The lowest BCUT2D eigenvalue weighted by Crippen LogP contribution is -2.34. The number of carbonyl (C=O) groups excluding carboxylic acids is 1. The van der Waals surface area contributed by atoms with Crippen molar-refractivity contribution in [1.29, 1.82) is 0 Å². The van der Waals surface area contributed by atoms with Gasteiger partial charge < -0.3 is 10.1 Å². The third-order valence-electron chi connectivity index (χ3n) is 6.71. The number of aromatic nitrogens is 2. The van der Waals surface area contributed by atoms with Crippen molar-refractivity contribution in [3.05, 3.63) is 41.5 Å². The number of alkyl halides is 5. The second kappa shape index (κ2) is 10.5. The van der Waals surface area contributed by atoms with Gasteiger partial charge in [-0.15, -0.1) is 0 Å². The Labute approximate surface area is 202 Å². The van der Waals surface area contributed by atoms with Crippen molar-refractivity contribution >= 4 is 5.91 Å². The Morgan fingerprint density at radius 3 is 2.46 bits per heavy atom. The first-order valence-electron chi connectivity index (χ1n) is 11.8. The predicted octanol–water partition coefficient (Wildman–Crippen LogP) is 6.47. The van der Waals surface area contributed by atoms with E-state index in [2.05, 4.69) is 22.0 Å². The molecule has 2 aromatic rings. The number of aryl methyl sites for hydroxylation is 1. The smallest absolute Gasteiger partial charge is 0.394 e. The molecule has 1 aromatic carbocycles. The zero-order chi connectivity index (χ0) is 26.0. The van der Waals surface area contributed by atoms with Gasteiger partial charge in [-0.3, -0.25) is 9.36 Å². The van der Waals surface area contributed by atoms with Crippen LogP contribution < -0.4 is 10.1 Å². The molecule has 3 rings (SSSR count). The lowest BCUT2D eigenvalue weighted by Gasteiger charge is -2.28. The first kappa shape index (κ1) is 26.9. The van der Waals surface area contributed by atoms with E-state index in [1.54, 1.807) is 6.92 Å². The number of nitrogens with zero attached hydrogens (tertiary/aromatic N) is 2. The molecule has 0 atom stereocenters. The molecule has 1 fully saturated rings. The molecule has 1 aromatic heterocycles. The molecule has 0 radical (unpaired) electrons. The molecule has 0 aliphatic heterocycles. The van der Waals surface area contributed by atoms with E-state index in [1.165, 1.54) is 29.0 Å². The van der Waals surface area contributed by atoms with Gasteiger partial charge in [-0.1, -0.05) is 39.7 Å². The first-order chi connectivity index (χ1) is 16.3. The van der Waals surface area contributed by atoms with Crippen LogP contribution in [-0.2, 0) is 6.42 Å². The number of amides is 1. The predicted molar refractivity (Wildman–Crippen MR) is 122 cm³/mol. The molecule has 1 N–H and O–H groups in total. The number of carbonyl (C=O) groups is 1. The molecular weight excluding hydrogens is 469 g/mol. The Balaban J connectivity index is 1.81. The molecule has 0 unspecified atom stereocenters. The molecule has 0 bridgehead atoms. The van der Waals surface area contributed by atoms with Crippen LogP contribution in [-0.4, -0.2) is 34.8 Å². The monoisotopic (exact) mass is 501 g/mol. The number of nitrogens with one attached hydrogen (secondary N) is 1. The summed E-state index contributed by atoms with van der Waals surface area (Å²) in [5, 5.41) is 2.90. The Kier molecular flexibility index (Phi) is 8.11. The molecule has 10 heteroatoms. The highest BCUT2D eigenvalue weighted by Crippen LogP contribution is 2.41. The molecule has 5 nitrogen and oxygen atoms in total. The van der Waals surface area contributed by atoms with Crippen molar-refractivity contribution in [3.8, 4) is 11.4 Å². The van der Waals surface area contributed by atoms with E-state index < -0.39 is 24.6 Å². The van der Waals surface area contributed by atoms with Gasteiger partial charge in [-0.25, -0.2) is 4.98 Å². The van der Waals surface area contributed by atoms with Crippen molar-refractivity contribution < 1.29 is 31.5 Å². The first-order valence-corrected chi connectivity index (χ1v) is 11.8. The van der Waals surface area contributed by atoms with E-state index >= 15 is 0 Å². The Morgan fingerprint density at radius 2 is 1.86 bits per heavy atom. The minimum Gasteiger partial charge on any atom is -0.433 e. The van der Waals surface area contributed by atoms with Crippen LogP contribution in [0.4, 0.5) is 22.0 Å². The van der Waals surface area contributed by atoms with Crippen LogP contribution in [0.1, 0.15) is 68.3 Å². The van der Waals surface area contributed by atoms with Gasteiger partial charge in [0.15, 0.2) is 0 Å². The van der Waals surface area contributed by atoms with E-state index in [0.29, 0.717) is 24.2 Å². The largest absolute Gasteiger partial charge is 0.433 e. The number of hydrogen-bond donors (Lipinski definition) is 1. The maximum Gasteiger partial charge on any atom is 0.394 e. The van der Waals surface area contributed by atoms with E-state index in [0.717, 1.165) is 39.5 Å². The molecule has 0 saturated heterocycles. The Hall–Kier alpha value is -2.65. The van der Waals surface area contributed by atoms with Crippen molar-refractivity contribution in [1.82, 2.24) is 14.9 Å². The van der Waals surface area contributed by atoms with Crippen molar-refractivity contribution in [2.24, 2.45) is 17.3 Å². The molecule has 194 valence electrons. The average molecular weight is 502 g/mol. The average Bonchev–Trinajstić information content (AvgIpc) is 3.13. The standard InChI is InChI=1S/C25H32F5N3O2/c1-15-5-7-17(8-6-15)13-31-22(34)19-14-33(16(2)32-19)20-10-9-18(11-21(20)35-23(26)27)12-24(3,4)25(28,29)30/h9-11,14-15,17,23H,5-8,12-13H2,1-4H3,(H,31,34). The van der Waals surface area contributed by atoms with Gasteiger partial charge in [0.2, 0.25) is 0 Å². The van der Waals surface area contributed by atoms with Crippen LogP contribution in [0.5, 0.6) is 5.75 Å². The number of hydrogen-bond acceptors (Lipinski definition) is 3. The molecular formula is C25H32F5N3O2. The number of benzene rings is 1. The van der Waals surface area contributed by atoms with Gasteiger partial charge in [-0.05, 0) is 55.7 Å². The second-order valence-electron chi connectivity index (χ2n) is 10.1. The van der Waals surface area contributed by atoms with Crippen molar-refractivity contribution in [3.63, 3.8) is 0 Å². The third-order valence-corrected chi connectivity index (χ3v) is 6.71. The number of rotatable bonds is 8. The van der Waals surface area contributed by atoms with Crippen LogP contribution in [0, 0.1) is 24.2 Å². The second-order valence-corrected chi connectivity index (χ2v) is 10.1. The molecule has 1 amide bonds. The summed E-state index contributed by atoms with van der Waals surface area (Å²) in [7, 11) is 0. The van der Waals surface area contributed by atoms with Crippen molar-refractivity contribution in [2.45, 2.75) is 72.6 Å². The fraction of sp³-hybridized carbons (Fsp3) is 0.600. The lowest BCUT2D eigenvalue weighted by atomic mass is 9.83. The van der Waals surface area contributed by atoms with Gasteiger partial charge in [0.1, 0.15) is 17.3 Å².